The zero-order valence-electron chi connectivity index (χ0n) is 14.8. The summed E-state index contributed by atoms with van der Waals surface area (Å²) in [6.45, 7) is 0.292. The van der Waals surface area contributed by atoms with Crippen LogP contribution in [0, 0.1) is 5.82 Å². The molecular weight excluding hydrogens is 379 g/mol. The van der Waals surface area contributed by atoms with E-state index in [0.29, 0.717) is 21.5 Å². The number of hydrogen-bond acceptors (Lipinski definition) is 2. The topological polar surface area (TPSA) is 44.0 Å². The molecule has 0 N–H and O–H groups in total. The highest BCUT2D eigenvalue weighted by molar-refractivity contribution is 6.30. The van der Waals surface area contributed by atoms with Crippen LogP contribution in [0.25, 0.3) is 10.9 Å². The first kappa shape index (κ1) is 18.2. The summed E-state index contributed by atoms with van der Waals surface area (Å²) in [6.07, 6.45) is 0. The molecule has 0 aliphatic rings. The molecule has 0 aliphatic carbocycles. The Balaban J connectivity index is 1.89. The summed E-state index contributed by atoms with van der Waals surface area (Å²) in [5, 5.41) is 1.02. The number of nitrogens with zero attached hydrogens (tertiary/aromatic N) is 2. The molecule has 0 saturated heterocycles. The molecule has 0 unspecified atom stereocenters. The van der Waals surface area contributed by atoms with Gasteiger partial charge in [0.2, 0.25) is 0 Å². The Kier molecular flexibility index (Phi) is 4.84. The van der Waals surface area contributed by atoms with E-state index < -0.39 is 5.69 Å². The Morgan fingerprint density at radius 2 is 1.50 bits per heavy atom. The second kappa shape index (κ2) is 7.44. The van der Waals surface area contributed by atoms with Gasteiger partial charge in [-0.3, -0.25) is 13.9 Å². The van der Waals surface area contributed by atoms with Crippen LogP contribution >= 0.6 is 11.6 Å². The van der Waals surface area contributed by atoms with E-state index in [1.807, 2.05) is 0 Å². The maximum absolute atomic E-state index is 13.6. The van der Waals surface area contributed by atoms with Crippen molar-refractivity contribution in [3.63, 3.8) is 0 Å². The highest BCUT2D eigenvalue weighted by Gasteiger charge is 2.14. The maximum atomic E-state index is 13.6. The van der Waals surface area contributed by atoms with Gasteiger partial charge in [0.1, 0.15) is 5.82 Å². The number of fused-ring (bicyclic) bond motifs is 1. The lowest BCUT2D eigenvalue weighted by Crippen LogP contribution is -2.40. The standard InChI is InChI=1S/C22H16ClFN2O2/c23-17-10-8-15(9-11-17)13-26-21(27)19-6-1-2-7-20(19)25(22(26)28)14-16-4-3-5-18(24)12-16/h1-12H,13-14H2. The zero-order chi connectivity index (χ0) is 19.7. The van der Waals surface area contributed by atoms with Crippen LogP contribution in [-0.2, 0) is 13.1 Å². The molecule has 4 nitrogen and oxygen atoms in total. The van der Waals surface area contributed by atoms with Crippen LogP contribution in [-0.4, -0.2) is 9.13 Å². The average molecular weight is 395 g/mol. The smallest absolute Gasteiger partial charge is 0.289 e. The van der Waals surface area contributed by atoms with E-state index in [1.165, 1.54) is 21.3 Å². The molecule has 1 heterocycles. The molecule has 0 aliphatic heterocycles. The highest BCUT2D eigenvalue weighted by atomic mass is 35.5. The molecule has 4 aromatic rings. The van der Waals surface area contributed by atoms with Crippen LogP contribution in [0.15, 0.2) is 82.4 Å². The second-order valence-electron chi connectivity index (χ2n) is 6.53. The van der Waals surface area contributed by atoms with Crippen LogP contribution < -0.4 is 11.2 Å². The lowest BCUT2D eigenvalue weighted by molar-refractivity contribution is 0.615. The first-order valence-electron chi connectivity index (χ1n) is 8.74. The number of rotatable bonds is 4. The number of aromatic nitrogens is 2. The van der Waals surface area contributed by atoms with Gasteiger partial charge in [-0.15, -0.1) is 0 Å². The molecule has 3 aromatic carbocycles. The van der Waals surface area contributed by atoms with Crippen LogP contribution in [0.1, 0.15) is 11.1 Å². The third-order valence-electron chi connectivity index (χ3n) is 4.62. The Morgan fingerprint density at radius 1 is 0.786 bits per heavy atom. The summed E-state index contributed by atoms with van der Waals surface area (Å²) in [5.74, 6) is -0.371. The van der Waals surface area contributed by atoms with Gasteiger partial charge in [0.25, 0.3) is 5.56 Å². The van der Waals surface area contributed by atoms with Gasteiger partial charge in [0.05, 0.1) is 24.0 Å². The molecule has 0 fully saturated rings. The van der Waals surface area contributed by atoms with Crippen LogP contribution in [0.5, 0.6) is 0 Å². The van der Waals surface area contributed by atoms with E-state index in [0.717, 1.165) is 5.56 Å². The van der Waals surface area contributed by atoms with E-state index in [2.05, 4.69) is 0 Å². The van der Waals surface area contributed by atoms with E-state index in [4.69, 9.17) is 11.6 Å². The predicted molar refractivity (Wildman–Crippen MR) is 109 cm³/mol. The van der Waals surface area contributed by atoms with Crippen molar-refractivity contribution in [2.45, 2.75) is 13.1 Å². The molecule has 28 heavy (non-hydrogen) atoms. The van der Waals surface area contributed by atoms with Gasteiger partial charge in [0, 0.05) is 5.02 Å². The van der Waals surface area contributed by atoms with Crippen molar-refractivity contribution in [1.29, 1.82) is 0 Å². The first-order chi connectivity index (χ1) is 13.5. The van der Waals surface area contributed by atoms with Crippen molar-refractivity contribution in [1.82, 2.24) is 9.13 Å². The highest BCUT2D eigenvalue weighted by Crippen LogP contribution is 2.13. The molecular formula is C22H16ClFN2O2. The lowest BCUT2D eigenvalue weighted by atomic mass is 10.2. The van der Waals surface area contributed by atoms with Gasteiger partial charge >= 0.3 is 5.69 Å². The fourth-order valence-corrected chi connectivity index (χ4v) is 3.38. The maximum Gasteiger partial charge on any atom is 0.332 e. The number of para-hydroxylation sites is 1. The molecule has 0 atom stereocenters. The van der Waals surface area contributed by atoms with Crippen molar-refractivity contribution in [2.24, 2.45) is 0 Å². The van der Waals surface area contributed by atoms with E-state index >= 15 is 0 Å². The summed E-state index contributed by atoms with van der Waals surface area (Å²) in [4.78, 5) is 26.1. The Labute approximate surface area is 165 Å². The van der Waals surface area contributed by atoms with Gasteiger partial charge in [0.15, 0.2) is 0 Å². The fourth-order valence-electron chi connectivity index (χ4n) is 3.25. The summed E-state index contributed by atoms with van der Waals surface area (Å²) < 4.78 is 16.3. The molecule has 1 aromatic heterocycles. The molecule has 4 rings (SSSR count). The summed E-state index contributed by atoms with van der Waals surface area (Å²) in [5.41, 5.74) is 1.16. The molecule has 0 radical (unpaired) electrons. The Hall–Kier alpha value is -3.18. The normalized spacial score (nSPS) is 11.1. The zero-order valence-corrected chi connectivity index (χ0v) is 15.6. The van der Waals surface area contributed by atoms with E-state index in [-0.39, 0.29) is 24.5 Å². The van der Waals surface area contributed by atoms with Crippen LogP contribution in [0.2, 0.25) is 5.02 Å². The molecule has 0 bridgehead atoms. The summed E-state index contributed by atoms with van der Waals surface area (Å²) >= 11 is 5.92. The third-order valence-corrected chi connectivity index (χ3v) is 4.87. The Bertz CT molecular complexity index is 1280. The van der Waals surface area contributed by atoms with Crippen LogP contribution in [0.3, 0.4) is 0 Å². The van der Waals surface area contributed by atoms with Gasteiger partial charge in [-0.05, 0) is 47.5 Å². The minimum Gasteiger partial charge on any atom is -0.289 e. The summed E-state index contributed by atoms with van der Waals surface area (Å²) in [7, 11) is 0. The average Bonchev–Trinajstić information content (AvgIpc) is 2.70. The number of halogens is 2. The SMILES string of the molecule is O=c1c2ccccc2n(Cc2cccc(F)c2)c(=O)n1Cc1ccc(Cl)cc1. The van der Waals surface area contributed by atoms with Crippen LogP contribution in [0.4, 0.5) is 4.39 Å². The van der Waals surface area contributed by atoms with Gasteiger partial charge < -0.3 is 0 Å². The largest absolute Gasteiger partial charge is 0.332 e. The molecule has 0 amide bonds. The van der Waals surface area contributed by atoms with Gasteiger partial charge in [-0.2, -0.15) is 0 Å². The van der Waals surface area contributed by atoms with Gasteiger partial charge in [-0.25, -0.2) is 9.18 Å². The van der Waals surface area contributed by atoms with E-state index in [9.17, 15) is 14.0 Å². The van der Waals surface area contributed by atoms with Crippen molar-refractivity contribution >= 4 is 22.5 Å². The molecule has 0 spiro atoms. The van der Waals surface area contributed by atoms with Crippen molar-refractivity contribution in [2.75, 3.05) is 0 Å². The minimum absolute atomic E-state index is 0.128. The van der Waals surface area contributed by atoms with E-state index in [1.54, 1.807) is 60.7 Å². The number of hydrogen-bond donors (Lipinski definition) is 0. The van der Waals surface area contributed by atoms with Crippen molar-refractivity contribution < 1.29 is 4.39 Å². The third kappa shape index (κ3) is 3.49. The molecule has 6 heteroatoms. The lowest BCUT2D eigenvalue weighted by Gasteiger charge is -2.14. The van der Waals surface area contributed by atoms with Crippen molar-refractivity contribution in [3.8, 4) is 0 Å². The van der Waals surface area contributed by atoms with Gasteiger partial charge in [-0.1, -0.05) is 48.0 Å². The predicted octanol–water partition coefficient (Wildman–Crippen LogP) is 4.05. The monoisotopic (exact) mass is 394 g/mol. The molecule has 140 valence electrons. The number of benzene rings is 3. The quantitative estimate of drug-likeness (QED) is 0.524. The molecule has 0 saturated carbocycles. The fraction of sp³-hybridized carbons (Fsp3) is 0.0909. The van der Waals surface area contributed by atoms with Crippen molar-refractivity contribution in [3.05, 3.63) is 116 Å². The first-order valence-corrected chi connectivity index (χ1v) is 9.12. The second-order valence-corrected chi connectivity index (χ2v) is 6.97. The Morgan fingerprint density at radius 3 is 2.25 bits per heavy atom. The minimum atomic E-state index is -0.442. The summed E-state index contributed by atoms with van der Waals surface area (Å²) in [6, 6.07) is 20.0.